The lowest BCUT2D eigenvalue weighted by atomic mass is 10.0. The number of benzene rings is 1. The van der Waals surface area contributed by atoms with Gasteiger partial charge in [-0.3, -0.25) is 4.79 Å². The van der Waals surface area contributed by atoms with Gasteiger partial charge in [-0.05, 0) is 62.9 Å². The Morgan fingerprint density at radius 1 is 1.26 bits per heavy atom. The van der Waals surface area contributed by atoms with Gasteiger partial charge in [0.2, 0.25) is 5.91 Å². The van der Waals surface area contributed by atoms with Gasteiger partial charge in [0, 0.05) is 19.0 Å². The molecule has 0 atom stereocenters. The van der Waals surface area contributed by atoms with E-state index in [0.717, 1.165) is 57.3 Å². The van der Waals surface area contributed by atoms with Gasteiger partial charge in [0.25, 0.3) is 0 Å². The summed E-state index contributed by atoms with van der Waals surface area (Å²) in [5.41, 5.74) is 1.14. The molecule has 23 heavy (non-hydrogen) atoms. The van der Waals surface area contributed by atoms with Crippen LogP contribution in [0.15, 0.2) is 18.2 Å². The summed E-state index contributed by atoms with van der Waals surface area (Å²) in [4.78, 5) is 14.7. The summed E-state index contributed by atoms with van der Waals surface area (Å²) in [7, 11) is 0. The average Bonchev–Trinajstić information content (AvgIpc) is 2.56. The molecule has 0 saturated carbocycles. The molecule has 128 valence electrons. The Kier molecular flexibility index (Phi) is 7.68. The van der Waals surface area contributed by atoms with Crippen molar-refractivity contribution in [2.45, 2.75) is 51.5 Å². The Hall–Kier alpha value is -0.770. The molecule has 3 nitrogen and oxygen atoms in total. The van der Waals surface area contributed by atoms with Gasteiger partial charge in [-0.2, -0.15) is 0 Å². The minimum Gasteiger partial charge on any atom is -0.340 e. The quantitative estimate of drug-likeness (QED) is 0.789. The largest absolute Gasteiger partial charge is 0.340 e. The molecule has 1 aromatic carbocycles. The van der Waals surface area contributed by atoms with E-state index >= 15 is 0 Å². The molecule has 1 N–H and O–H groups in total. The van der Waals surface area contributed by atoms with Crippen LogP contribution < -0.4 is 5.32 Å². The SMILES string of the molecule is CCCN(C(=O)CCCc1ccc(Cl)c(Cl)c1)C1CCNCC1. The number of hydrogen-bond donors (Lipinski definition) is 1. The van der Waals surface area contributed by atoms with Crippen LogP contribution in [0.4, 0.5) is 0 Å². The van der Waals surface area contributed by atoms with Crippen LogP contribution in [-0.2, 0) is 11.2 Å². The third kappa shape index (κ3) is 5.66. The molecule has 0 spiro atoms. The lowest BCUT2D eigenvalue weighted by Crippen LogP contribution is -2.46. The number of hydrogen-bond acceptors (Lipinski definition) is 2. The smallest absolute Gasteiger partial charge is 0.222 e. The fourth-order valence-corrected chi connectivity index (χ4v) is 3.47. The van der Waals surface area contributed by atoms with Crippen molar-refractivity contribution < 1.29 is 4.79 Å². The van der Waals surface area contributed by atoms with E-state index in [9.17, 15) is 4.79 Å². The highest BCUT2D eigenvalue weighted by Crippen LogP contribution is 2.23. The van der Waals surface area contributed by atoms with Crippen LogP contribution >= 0.6 is 23.2 Å². The molecule has 1 fully saturated rings. The van der Waals surface area contributed by atoms with E-state index in [4.69, 9.17) is 23.2 Å². The van der Waals surface area contributed by atoms with E-state index in [1.54, 1.807) is 0 Å². The summed E-state index contributed by atoms with van der Waals surface area (Å²) in [5, 5.41) is 4.52. The third-order valence-corrected chi connectivity index (χ3v) is 5.11. The fraction of sp³-hybridized carbons (Fsp3) is 0.611. The molecule has 0 radical (unpaired) electrons. The zero-order chi connectivity index (χ0) is 16.7. The zero-order valence-corrected chi connectivity index (χ0v) is 15.3. The highest BCUT2D eigenvalue weighted by atomic mass is 35.5. The summed E-state index contributed by atoms with van der Waals surface area (Å²) in [5.74, 6) is 0.291. The number of nitrogens with zero attached hydrogens (tertiary/aromatic N) is 1. The van der Waals surface area contributed by atoms with E-state index in [1.807, 2.05) is 18.2 Å². The number of carbonyl (C=O) groups excluding carboxylic acids is 1. The van der Waals surface area contributed by atoms with E-state index in [2.05, 4.69) is 17.1 Å². The van der Waals surface area contributed by atoms with Crippen LogP contribution in [0.25, 0.3) is 0 Å². The number of rotatable bonds is 7. The minimum absolute atomic E-state index is 0.291. The number of amides is 1. The van der Waals surface area contributed by atoms with Gasteiger partial charge in [-0.25, -0.2) is 0 Å². The first kappa shape index (κ1) is 18.6. The van der Waals surface area contributed by atoms with E-state index in [0.29, 0.717) is 28.4 Å². The molecule has 1 saturated heterocycles. The van der Waals surface area contributed by atoms with Crippen molar-refractivity contribution in [1.29, 1.82) is 0 Å². The van der Waals surface area contributed by atoms with Crippen molar-refractivity contribution in [3.05, 3.63) is 33.8 Å². The first-order chi connectivity index (χ1) is 11.1. The Morgan fingerprint density at radius 2 is 2.00 bits per heavy atom. The van der Waals surface area contributed by atoms with Crippen molar-refractivity contribution in [2.75, 3.05) is 19.6 Å². The fourth-order valence-electron chi connectivity index (χ4n) is 3.15. The van der Waals surface area contributed by atoms with Crippen LogP contribution in [0.1, 0.15) is 44.6 Å². The maximum Gasteiger partial charge on any atom is 0.222 e. The van der Waals surface area contributed by atoms with Crippen LogP contribution in [0, 0.1) is 0 Å². The van der Waals surface area contributed by atoms with Crippen LogP contribution in [0.3, 0.4) is 0 Å². The molecule has 0 bridgehead atoms. The van der Waals surface area contributed by atoms with Crippen molar-refractivity contribution in [3.63, 3.8) is 0 Å². The monoisotopic (exact) mass is 356 g/mol. The predicted octanol–water partition coefficient (Wildman–Crippen LogP) is 4.31. The third-order valence-electron chi connectivity index (χ3n) is 4.37. The topological polar surface area (TPSA) is 32.3 Å². The standard InChI is InChI=1S/C18H26Cl2N2O/c1-2-12-22(15-8-10-21-11-9-15)18(23)5-3-4-14-6-7-16(19)17(20)13-14/h6-7,13,15,21H,2-5,8-12H2,1H3. The Labute approximate surface area is 149 Å². The number of aryl methyl sites for hydroxylation is 1. The van der Waals surface area contributed by atoms with Crippen LogP contribution in [-0.4, -0.2) is 36.5 Å². The number of halogens is 2. The molecule has 0 aromatic heterocycles. The summed E-state index contributed by atoms with van der Waals surface area (Å²) < 4.78 is 0. The van der Waals surface area contributed by atoms with Gasteiger partial charge >= 0.3 is 0 Å². The molecule has 0 unspecified atom stereocenters. The van der Waals surface area contributed by atoms with Gasteiger partial charge in [-0.15, -0.1) is 0 Å². The van der Waals surface area contributed by atoms with Gasteiger partial charge in [0.05, 0.1) is 10.0 Å². The van der Waals surface area contributed by atoms with Crippen LogP contribution in [0.5, 0.6) is 0 Å². The molecule has 1 amide bonds. The number of carbonyl (C=O) groups is 1. The highest BCUT2D eigenvalue weighted by molar-refractivity contribution is 6.42. The van der Waals surface area contributed by atoms with Gasteiger partial charge in [-0.1, -0.05) is 36.2 Å². The Balaban J connectivity index is 1.84. The summed E-state index contributed by atoms with van der Waals surface area (Å²) >= 11 is 12.0. The van der Waals surface area contributed by atoms with Crippen molar-refractivity contribution in [1.82, 2.24) is 10.2 Å². The van der Waals surface area contributed by atoms with E-state index in [1.165, 1.54) is 0 Å². The molecular weight excluding hydrogens is 331 g/mol. The van der Waals surface area contributed by atoms with Gasteiger partial charge in [0.15, 0.2) is 0 Å². The summed E-state index contributed by atoms with van der Waals surface area (Å²) in [6.45, 7) is 5.04. The molecule has 5 heteroatoms. The van der Waals surface area contributed by atoms with Crippen LogP contribution in [0.2, 0.25) is 10.0 Å². The van der Waals surface area contributed by atoms with Gasteiger partial charge < -0.3 is 10.2 Å². The Bertz CT molecular complexity index is 516. The molecule has 2 rings (SSSR count). The second-order valence-corrected chi connectivity index (χ2v) is 6.98. The first-order valence-electron chi connectivity index (χ1n) is 8.56. The minimum atomic E-state index is 0.291. The second kappa shape index (κ2) is 9.51. The molecule has 0 aliphatic carbocycles. The summed E-state index contributed by atoms with van der Waals surface area (Å²) in [6, 6.07) is 6.11. The lowest BCUT2D eigenvalue weighted by Gasteiger charge is -2.34. The molecular formula is C18H26Cl2N2O. The highest BCUT2D eigenvalue weighted by Gasteiger charge is 2.24. The van der Waals surface area contributed by atoms with E-state index in [-0.39, 0.29) is 0 Å². The van der Waals surface area contributed by atoms with Crippen molar-refractivity contribution >= 4 is 29.1 Å². The number of piperidine rings is 1. The number of nitrogens with one attached hydrogen (secondary N) is 1. The average molecular weight is 357 g/mol. The van der Waals surface area contributed by atoms with Crippen molar-refractivity contribution in [3.8, 4) is 0 Å². The Morgan fingerprint density at radius 3 is 2.65 bits per heavy atom. The molecule has 1 aliphatic heterocycles. The maximum atomic E-state index is 12.6. The van der Waals surface area contributed by atoms with Crippen molar-refractivity contribution in [2.24, 2.45) is 0 Å². The molecule has 1 aromatic rings. The first-order valence-corrected chi connectivity index (χ1v) is 9.31. The van der Waals surface area contributed by atoms with E-state index < -0.39 is 0 Å². The lowest BCUT2D eigenvalue weighted by molar-refractivity contribution is -0.134. The molecule has 1 heterocycles. The second-order valence-electron chi connectivity index (χ2n) is 6.17. The summed E-state index contributed by atoms with van der Waals surface area (Å²) in [6.07, 6.45) is 5.46. The maximum absolute atomic E-state index is 12.6. The normalized spacial score (nSPS) is 15.6. The molecule has 1 aliphatic rings. The van der Waals surface area contributed by atoms with Gasteiger partial charge in [0.1, 0.15) is 0 Å². The predicted molar refractivity (Wildman–Crippen MR) is 97.3 cm³/mol. The zero-order valence-electron chi connectivity index (χ0n) is 13.8.